The number of pyridine rings is 1. The Bertz CT molecular complexity index is 801. The molecule has 2 N–H and O–H groups in total. The summed E-state index contributed by atoms with van der Waals surface area (Å²) in [5.74, 6) is 0.318. The Hall–Kier alpha value is -2.37. The van der Waals surface area contributed by atoms with E-state index in [0.29, 0.717) is 5.82 Å². The summed E-state index contributed by atoms with van der Waals surface area (Å²) in [6, 6.07) is 1.66. The highest BCUT2D eigenvalue weighted by Crippen LogP contribution is 2.28. The van der Waals surface area contributed by atoms with Crippen LogP contribution in [0.2, 0.25) is 0 Å². The molecule has 0 spiro atoms. The van der Waals surface area contributed by atoms with Crippen molar-refractivity contribution in [1.82, 2.24) is 14.8 Å². The van der Waals surface area contributed by atoms with Crippen LogP contribution in [0.15, 0.2) is 10.9 Å². The minimum atomic E-state index is -0.385. The Morgan fingerprint density at radius 1 is 1.45 bits per heavy atom. The van der Waals surface area contributed by atoms with E-state index in [9.17, 15) is 9.59 Å². The van der Waals surface area contributed by atoms with Gasteiger partial charge in [-0.15, -0.1) is 0 Å². The lowest BCUT2D eigenvalue weighted by Gasteiger charge is -2.09. The molecule has 0 aromatic carbocycles. The first-order valence-corrected chi connectivity index (χ1v) is 7.60. The summed E-state index contributed by atoms with van der Waals surface area (Å²) in [5, 5.41) is 7.28. The zero-order chi connectivity index (χ0) is 15.9. The molecule has 0 saturated heterocycles. The molecule has 116 valence electrons. The van der Waals surface area contributed by atoms with Gasteiger partial charge in [0.15, 0.2) is 0 Å². The van der Waals surface area contributed by atoms with Crippen molar-refractivity contribution in [1.29, 1.82) is 0 Å². The SMILES string of the molecule is CCc1[nH]c(=O)c(C(=O)Nc2c3c(nn2C)CCC3)cc1C. The van der Waals surface area contributed by atoms with Crippen molar-refractivity contribution in [2.75, 3.05) is 5.32 Å². The molecular weight excluding hydrogens is 280 g/mol. The number of aryl methyl sites for hydroxylation is 4. The van der Waals surface area contributed by atoms with E-state index >= 15 is 0 Å². The molecule has 0 unspecified atom stereocenters. The molecule has 0 fully saturated rings. The lowest BCUT2D eigenvalue weighted by Crippen LogP contribution is -2.25. The summed E-state index contributed by atoms with van der Waals surface area (Å²) in [5.41, 5.74) is 3.71. The van der Waals surface area contributed by atoms with E-state index in [-0.39, 0.29) is 17.0 Å². The zero-order valence-electron chi connectivity index (χ0n) is 13.1. The Morgan fingerprint density at radius 2 is 2.23 bits per heavy atom. The highest BCUT2D eigenvalue weighted by atomic mass is 16.2. The van der Waals surface area contributed by atoms with Gasteiger partial charge in [-0.2, -0.15) is 5.10 Å². The summed E-state index contributed by atoms with van der Waals surface area (Å²) in [6.45, 7) is 3.87. The number of aromatic nitrogens is 3. The van der Waals surface area contributed by atoms with Crippen molar-refractivity contribution in [3.63, 3.8) is 0 Å². The van der Waals surface area contributed by atoms with Crippen molar-refractivity contribution < 1.29 is 4.79 Å². The molecule has 1 amide bonds. The van der Waals surface area contributed by atoms with Gasteiger partial charge in [-0.1, -0.05) is 6.92 Å². The third-order valence-corrected chi connectivity index (χ3v) is 4.24. The van der Waals surface area contributed by atoms with Crippen molar-refractivity contribution in [2.45, 2.75) is 39.5 Å². The van der Waals surface area contributed by atoms with Crippen LogP contribution < -0.4 is 10.9 Å². The molecule has 1 aliphatic rings. The predicted octanol–water partition coefficient (Wildman–Crippen LogP) is 1.72. The van der Waals surface area contributed by atoms with Gasteiger partial charge in [0.05, 0.1) is 5.69 Å². The van der Waals surface area contributed by atoms with Crippen LogP contribution in [0.25, 0.3) is 0 Å². The standard InChI is InChI=1S/C16H20N4O2/c1-4-12-9(2)8-11(15(21)17-12)16(22)18-14-10-6-5-7-13(10)19-20(14)3/h8H,4-7H2,1-3H3,(H,17,21)(H,18,22). The fourth-order valence-electron chi connectivity index (χ4n) is 3.06. The summed E-state index contributed by atoms with van der Waals surface area (Å²) < 4.78 is 1.68. The minimum Gasteiger partial charge on any atom is -0.325 e. The molecule has 0 saturated carbocycles. The van der Waals surface area contributed by atoms with Crippen LogP contribution in [0.5, 0.6) is 0 Å². The molecule has 2 heterocycles. The molecule has 2 aromatic rings. The quantitative estimate of drug-likeness (QED) is 0.905. The summed E-state index contributed by atoms with van der Waals surface area (Å²) in [7, 11) is 1.81. The van der Waals surface area contributed by atoms with Crippen LogP contribution in [-0.4, -0.2) is 20.7 Å². The Kier molecular flexibility index (Phi) is 3.60. The fraction of sp³-hybridized carbons (Fsp3) is 0.438. The second-order valence-electron chi connectivity index (χ2n) is 5.73. The lowest BCUT2D eigenvalue weighted by atomic mass is 10.1. The van der Waals surface area contributed by atoms with Crippen LogP contribution in [0, 0.1) is 6.92 Å². The molecule has 0 aliphatic heterocycles. The Morgan fingerprint density at radius 3 is 2.95 bits per heavy atom. The first kappa shape index (κ1) is 14.6. The molecule has 6 heteroatoms. The van der Waals surface area contributed by atoms with Crippen molar-refractivity contribution in [3.05, 3.63) is 44.5 Å². The van der Waals surface area contributed by atoms with Gasteiger partial charge in [0, 0.05) is 18.3 Å². The highest BCUT2D eigenvalue weighted by molar-refractivity contribution is 6.04. The zero-order valence-corrected chi connectivity index (χ0v) is 13.1. The Labute approximate surface area is 128 Å². The van der Waals surface area contributed by atoms with Gasteiger partial charge in [0.2, 0.25) is 0 Å². The van der Waals surface area contributed by atoms with Crippen LogP contribution in [0.4, 0.5) is 5.82 Å². The predicted molar refractivity (Wildman–Crippen MR) is 84.4 cm³/mol. The fourth-order valence-corrected chi connectivity index (χ4v) is 3.06. The highest BCUT2D eigenvalue weighted by Gasteiger charge is 2.23. The van der Waals surface area contributed by atoms with E-state index in [1.165, 1.54) is 0 Å². The number of aromatic amines is 1. The lowest BCUT2D eigenvalue weighted by molar-refractivity contribution is 0.102. The number of H-pyrrole nitrogens is 1. The van der Waals surface area contributed by atoms with E-state index < -0.39 is 0 Å². The van der Waals surface area contributed by atoms with Gasteiger partial charge < -0.3 is 10.3 Å². The van der Waals surface area contributed by atoms with Gasteiger partial charge in [-0.3, -0.25) is 14.3 Å². The molecule has 1 aliphatic carbocycles. The number of carbonyl (C=O) groups is 1. The number of amides is 1. The topological polar surface area (TPSA) is 79.8 Å². The Balaban J connectivity index is 1.93. The van der Waals surface area contributed by atoms with Gasteiger partial charge in [0.1, 0.15) is 11.4 Å². The maximum atomic E-state index is 12.5. The molecule has 0 bridgehead atoms. The average molecular weight is 300 g/mol. The second kappa shape index (κ2) is 5.44. The van der Waals surface area contributed by atoms with Crippen LogP contribution in [0.3, 0.4) is 0 Å². The third kappa shape index (κ3) is 2.34. The molecule has 6 nitrogen and oxygen atoms in total. The molecular formula is C16H20N4O2. The van der Waals surface area contributed by atoms with Crippen LogP contribution >= 0.6 is 0 Å². The largest absolute Gasteiger partial charge is 0.325 e. The number of hydrogen-bond donors (Lipinski definition) is 2. The van der Waals surface area contributed by atoms with Crippen molar-refractivity contribution >= 4 is 11.7 Å². The van der Waals surface area contributed by atoms with E-state index in [0.717, 1.165) is 48.2 Å². The second-order valence-corrected chi connectivity index (χ2v) is 5.73. The normalized spacial score (nSPS) is 13.2. The molecule has 3 rings (SSSR count). The number of nitrogens with one attached hydrogen (secondary N) is 2. The third-order valence-electron chi connectivity index (χ3n) is 4.24. The van der Waals surface area contributed by atoms with Gasteiger partial charge in [0.25, 0.3) is 11.5 Å². The van der Waals surface area contributed by atoms with E-state index in [4.69, 9.17) is 0 Å². The van der Waals surface area contributed by atoms with Crippen molar-refractivity contribution in [3.8, 4) is 0 Å². The number of fused-ring (bicyclic) bond motifs is 1. The number of nitrogens with zero attached hydrogens (tertiary/aromatic N) is 2. The summed E-state index contributed by atoms with van der Waals surface area (Å²) in [4.78, 5) is 27.3. The van der Waals surface area contributed by atoms with Crippen LogP contribution in [0.1, 0.15) is 46.2 Å². The number of carbonyl (C=O) groups excluding carboxylic acids is 1. The number of rotatable bonds is 3. The van der Waals surface area contributed by atoms with E-state index in [2.05, 4.69) is 15.4 Å². The monoisotopic (exact) mass is 300 g/mol. The molecule has 2 aromatic heterocycles. The van der Waals surface area contributed by atoms with Crippen molar-refractivity contribution in [2.24, 2.45) is 7.05 Å². The molecule has 22 heavy (non-hydrogen) atoms. The number of anilines is 1. The maximum Gasteiger partial charge on any atom is 0.262 e. The van der Waals surface area contributed by atoms with Gasteiger partial charge in [-0.05, 0) is 44.2 Å². The maximum absolute atomic E-state index is 12.5. The number of hydrogen-bond acceptors (Lipinski definition) is 3. The first-order chi connectivity index (χ1) is 10.5. The average Bonchev–Trinajstić information content (AvgIpc) is 3.04. The molecule has 0 radical (unpaired) electrons. The smallest absolute Gasteiger partial charge is 0.262 e. The van der Waals surface area contributed by atoms with E-state index in [1.807, 2.05) is 20.9 Å². The van der Waals surface area contributed by atoms with Crippen LogP contribution in [-0.2, 0) is 26.3 Å². The molecule has 0 atom stereocenters. The van der Waals surface area contributed by atoms with Gasteiger partial charge >= 0.3 is 0 Å². The summed E-state index contributed by atoms with van der Waals surface area (Å²) in [6.07, 6.45) is 3.66. The minimum absolute atomic E-state index is 0.141. The first-order valence-electron chi connectivity index (χ1n) is 7.60. The summed E-state index contributed by atoms with van der Waals surface area (Å²) >= 11 is 0. The van der Waals surface area contributed by atoms with Gasteiger partial charge in [-0.25, -0.2) is 0 Å². The van der Waals surface area contributed by atoms with E-state index in [1.54, 1.807) is 10.7 Å².